The summed E-state index contributed by atoms with van der Waals surface area (Å²) in [6.07, 6.45) is -1.42. The Morgan fingerprint density at radius 2 is 2.05 bits per heavy atom. The number of rotatable bonds is 2. The number of ether oxygens (including phenoxy) is 1. The second kappa shape index (κ2) is 4.38. The summed E-state index contributed by atoms with van der Waals surface area (Å²) in [5.74, 6) is 0.218. The summed E-state index contributed by atoms with van der Waals surface area (Å²) < 4.78 is 6.85. The first-order valence-corrected chi connectivity index (χ1v) is 5.69. The first-order valence-electron chi connectivity index (χ1n) is 5.69. The highest BCUT2D eigenvalue weighted by Crippen LogP contribution is 2.31. The molecule has 5 N–H and O–H groups in total. The van der Waals surface area contributed by atoms with Crippen LogP contribution in [0.1, 0.15) is 6.23 Å². The lowest BCUT2D eigenvalue weighted by Crippen LogP contribution is -2.33. The van der Waals surface area contributed by atoms with E-state index in [0.29, 0.717) is 11.2 Å². The quantitative estimate of drug-likeness (QED) is 0.491. The van der Waals surface area contributed by atoms with Crippen LogP contribution in [0.5, 0.6) is 0 Å². The molecule has 1 aliphatic heterocycles. The lowest BCUT2D eigenvalue weighted by Gasteiger charge is -2.16. The van der Waals surface area contributed by atoms with E-state index in [1.54, 1.807) is 0 Å². The maximum absolute atomic E-state index is 9.95. The number of nitrogens with two attached hydrogens (primary N) is 1. The van der Waals surface area contributed by atoms with Gasteiger partial charge in [0.25, 0.3) is 0 Å². The zero-order valence-corrected chi connectivity index (χ0v) is 9.79. The minimum absolute atomic E-state index is 0.218. The summed E-state index contributed by atoms with van der Waals surface area (Å²) in [6, 6.07) is 0. The molecule has 3 rings (SSSR count). The smallest absolute Gasteiger partial charge is 0.167 e. The number of fused-ring (bicyclic) bond motifs is 1. The molecule has 102 valence electrons. The Kier molecular flexibility index (Phi) is 2.82. The number of nitrogens with zero attached hydrogens (tertiary/aromatic N) is 4. The van der Waals surface area contributed by atoms with Crippen LogP contribution in [0.4, 0.5) is 5.82 Å². The van der Waals surface area contributed by atoms with E-state index < -0.39 is 31.1 Å². The van der Waals surface area contributed by atoms with Gasteiger partial charge in [-0.05, 0) is 0 Å². The van der Waals surface area contributed by atoms with Gasteiger partial charge in [0.15, 0.2) is 17.7 Å². The number of hydrogen-bond donors (Lipinski definition) is 4. The largest absolute Gasteiger partial charge is 0.394 e. The van der Waals surface area contributed by atoms with Gasteiger partial charge in [-0.25, -0.2) is 15.0 Å². The Morgan fingerprint density at radius 1 is 1.26 bits per heavy atom. The molecule has 0 spiro atoms. The number of aliphatic hydroxyl groups excluding tert-OH is 3. The van der Waals surface area contributed by atoms with Crippen molar-refractivity contribution in [2.75, 3.05) is 12.3 Å². The van der Waals surface area contributed by atoms with Crippen molar-refractivity contribution in [3.05, 3.63) is 12.7 Å². The summed E-state index contributed by atoms with van der Waals surface area (Å²) in [7, 11) is 0. The number of imidazole rings is 1. The van der Waals surface area contributed by atoms with Gasteiger partial charge in [0.1, 0.15) is 30.2 Å². The SMILES string of the molecule is Nc1[15n]cnc2c1ncn2[C@@H]1O[C@H](CO)[C@@H](O)[C@H]1O. The minimum atomic E-state index is -1.19. The molecule has 2 aromatic heterocycles. The highest BCUT2D eigenvalue weighted by molar-refractivity contribution is 5.81. The Labute approximate surface area is 107 Å². The van der Waals surface area contributed by atoms with Crippen LogP contribution in [0.15, 0.2) is 12.7 Å². The molecular formula is C10H13N5O4. The number of hydrogen-bond acceptors (Lipinski definition) is 8. The normalized spacial score (nSPS) is 31.1. The summed E-state index contributed by atoms with van der Waals surface area (Å²) in [6.45, 7) is -0.390. The zero-order chi connectivity index (χ0) is 13.6. The third-order valence-electron chi connectivity index (χ3n) is 3.18. The fraction of sp³-hybridized carbons (Fsp3) is 0.500. The molecule has 0 aliphatic carbocycles. The molecule has 4 atom stereocenters. The average molecular weight is 268 g/mol. The summed E-state index contributed by atoms with van der Waals surface area (Å²) in [5, 5.41) is 28.7. The molecule has 1 fully saturated rings. The number of aliphatic hydroxyl groups is 3. The maximum Gasteiger partial charge on any atom is 0.167 e. The topological polar surface area (TPSA) is 140 Å². The van der Waals surface area contributed by atoms with Crippen LogP contribution in [-0.2, 0) is 4.74 Å². The van der Waals surface area contributed by atoms with E-state index in [1.807, 2.05) is 0 Å². The zero-order valence-electron chi connectivity index (χ0n) is 9.79. The second-order valence-corrected chi connectivity index (χ2v) is 4.31. The first-order chi connectivity index (χ1) is 9.13. The van der Waals surface area contributed by atoms with Crippen LogP contribution >= 0.6 is 0 Å². The Bertz CT molecular complexity index is 603. The van der Waals surface area contributed by atoms with Crippen LogP contribution in [0, 0.1) is 0 Å². The lowest BCUT2D eigenvalue weighted by molar-refractivity contribution is -0.0511. The van der Waals surface area contributed by atoms with Crippen LogP contribution in [-0.4, -0.2) is 59.8 Å². The summed E-state index contributed by atoms with van der Waals surface area (Å²) in [4.78, 5) is 11.9. The number of aromatic nitrogens is 4. The van der Waals surface area contributed by atoms with Crippen LogP contribution in [0.25, 0.3) is 11.2 Å². The molecule has 19 heavy (non-hydrogen) atoms. The fourth-order valence-electron chi connectivity index (χ4n) is 2.17. The van der Waals surface area contributed by atoms with E-state index in [4.69, 9.17) is 15.6 Å². The maximum atomic E-state index is 9.95. The second-order valence-electron chi connectivity index (χ2n) is 4.31. The Morgan fingerprint density at radius 3 is 2.74 bits per heavy atom. The molecule has 9 nitrogen and oxygen atoms in total. The van der Waals surface area contributed by atoms with Crippen molar-refractivity contribution in [1.82, 2.24) is 19.5 Å². The van der Waals surface area contributed by atoms with E-state index in [0.717, 1.165) is 0 Å². The van der Waals surface area contributed by atoms with Crippen molar-refractivity contribution < 1.29 is 20.1 Å². The standard InChI is InChI=1S/C10H13N5O4/c11-8-5-9(13-2-12-8)15(3-14-5)10-7(18)6(17)4(1-16)19-10/h2-4,6-7,10,16-18H,1H2,(H2,11,12,13)/t4-,6-,7-,10-/m1/s1/i12+1. The summed E-state index contributed by atoms with van der Waals surface area (Å²) >= 11 is 0. The monoisotopic (exact) mass is 268 g/mol. The third kappa shape index (κ3) is 1.75. The van der Waals surface area contributed by atoms with Crippen molar-refractivity contribution in [2.45, 2.75) is 24.5 Å². The van der Waals surface area contributed by atoms with Gasteiger partial charge in [0.2, 0.25) is 0 Å². The van der Waals surface area contributed by atoms with Crippen molar-refractivity contribution in [3.8, 4) is 0 Å². The molecule has 1 saturated heterocycles. The van der Waals surface area contributed by atoms with Crippen molar-refractivity contribution in [3.63, 3.8) is 0 Å². The van der Waals surface area contributed by atoms with Gasteiger partial charge < -0.3 is 25.8 Å². The van der Waals surface area contributed by atoms with E-state index in [1.165, 1.54) is 17.2 Å². The van der Waals surface area contributed by atoms with Crippen molar-refractivity contribution in [2.24, 2.45) is 0 Å². The van der Waals surface area contributed by atoms with Crippen molar-refractivity contribution in [1.29, 1.82) is 0 Å². The van der Waals surface area contributed by atoms with E-state index in [9.17, 15) is 10.2 Å². The molecule has 0 aromatic carbocycles. The summed E-state index contributed by atoms with van der Waals surface area (Å²) in [5.41, 5.74) is 6.44. The highest BCUT2D eigenvalue weighted by atomic mass is 16.6. The molecule has 0 saturated carbocycles. The molecule has 2 aromatic rings. The molecular weight excluding hydrogens is 255 g/mol. The molecule has 9 heteroatoms. The molecule has 0 bridgehead atoms. The van der Waals surface area contributed by atoms with Gasteiger partial charge in [-0.15, -0.1) is 0 Å². The Hall–Kier alpha value is -1.81. The first kappa shape index (κ1) is 12.2. The van der Waals surface area contributed by atoms with Gasteiger partial charge in [0, 0.05) is 0 Å². The predicted octanol–water partition coefficient (Wildman–Crippen LogP) is -1.98. The van der Waals surface area contributed by atoms with Gasteiger partial charge >= 0.3 is 0 Å². The average Bonchev–Trinajstić information content (AvgIpc) is 2.94. The molecule has 0 unspecified atom stereocenters. The van der Waals surface area contributed by atoms with E-state index in [2.05, 4.69) is 15.0 Å². The van der Waals surface area contributed by atoms with Crippen LogP contribution in [0.2, 0.25) is 0 Å². The van der Waals surface area contributed by atoms with Gasteiger partial charge in [-0.2, -0.15) is 0 Å². The highest BCUT2D eigenvalue weighted by Gasteiger charge is 2.43. The van der Waals surface area contributed by atoms with Gasteiger partial charge in [0.05, 0.1) is 12.9 Å². The Balaban J connectivity index is 2.04. The fourth-order valence-corrected chi connectivity index (χ4v) is 2.17. The molecule has 3 heterocycles. The van der Waals surface area contributed by atoms with Crippen LogP contribution < -0.4 is 5.73 Å². The number of anilines is 1. The van der Waals surface area contributed by atoms with Crippen molar-refractivity contribution >= 4 is 17.0 Å². The van der Waals surface area contributed by atoms with E-state index in [-0.39, 0.29) is 5.82 Å². The molecule has 0 amide bonds. The minimum Gasteiger partial charge on any atom is -0.394 e. The number of nitrogen functional groups attached to an aromatic ring is 1. The molecule has 0 radical (unpaired) electrons. The van der Waals surface area contributed by atoms with Gasteiger partial charge in [-0.1, -0.05) is 0 Å². The van der Waals surface area contributed by atoms with Gasteiger partial charge in [-0.3, -0.25) is 4.57 Å². The molecule has 1 aliphatic rings. The predicted molar refractivity (Wildman–Crippen MR) is 62.7 cm³/mol. The van der Waals surface area contributed by atoms with E-state index >= 15 is 0 Å². The lowest BCUT2D eigenvalue weighted by atomic mass is 10.1. The third-order valence-corrected chi connectivity index (χ3v) is 3.18. The van der Waals surface area contributed by atoms with Crippen LogP contribution in [0.3, 0.4) is 0 Å².